The fourth-order valence-electron chi connectivity index (χ4n) is 2.06. The summed E-state index contributed by atoms with van der Waals surface area (Å²) in [4.78, 5) is 15.8. The molecule has 0 saturated heterocycles. The van der Waals surface area contributed by atoms with Gasteiger partial charge in [-0.1, -0.05) is 18.2 Å². The van der Waals surface area contributed by atoms with Gasteiger partial charge in [0.05, 0.1) is 6.61 Å². The minimum absolute atomic E-state index is 0. The number of benzene rings is 1. The molecule has 0 bridgehead atoms. The summed E-state index contributed by atoms with van der Waals surface area (Å²) < 4.78 is 11.3. The second-order valence-electron chi connectivity index (χ2n) is 5.44. The Hall–Kier alpha value is -2.02. The van der Waals surface area contributed by atoms with Crippen molar-refractivity contribution in [2.75, 3.05) is 6.61 Å². The topological polar surface area (TPSA) is 86.5 Å². The molecule has 144 valence electrons. The summed E-state index contributed by atoms with van der Waals surface area (Å²) in [5, 5.41) is 2.81. The van der Waals surface area contributed by atoms with Gasteiger partial charge in [-0.2, -0.15) is 0 Å². The molecule has 1 amide bonds. The standard InChI is InChI=1S/C18H23N3O3.2ClH/c1-3-23-15-6-4-5-7-16(15)24-18-9-8-14(12-21-18)11-20-17(22)10-13(2)19;;/h4-9,12-13H,3,10-11,19H2,1-2H3,(H,20,22);2*1H. The highest BCUT2D eigenvalue weighted by atomic mass is 35.5. The van der Waals surface area contributed by atoms with E-state index in [-0.39, 0.29) is 36.8 Å². The van der Waals surface area contributed by atoms with E-state index in [1.165, 1.54) is 0 Å². The van der Waals surface area contributed by atoms with Crippen molar-refractivity contribution in [3.05, 3.63) is 48.2 Å². The number of para-hydroxylation sites is 2. The fraction of sp³-hybridized carbons (Fsp3) is 0.333. The number of halogens is 2. The van der Waals surface area contributed by atoms with Crippen LogP contribution < -0.4 is 20.5 Å². The van der Waals surface area contributed by atoms with Crippen molar-refractivity contribution in [3.8, 4) is 17.4 Å². The van der Waals surface area contributed by atoms with E-state index in [0.717, 1.165) is 5.56 Å². The number of hydrogen-bond donors (Lipinski definition) is 2. The monoisotopic (exact) mass is 401 g/mol. The van der Waals surface area contributed by atoms with Crippen LogP contribution in [0.1, 0.15) is 25.8 Å². The molecule has 1 aromatic heterocycles. The molecule has 0 aliphatic carbocycles. The van der Waals surface area contributed by atoms with Gasteiger partial charge in [-0.25, -0.2) is 4.98 Å². The van der Waals surface area contributed by atoms with Gasteiger partial charge in [0.2, 0.25) is 11.8 Å². The second kappa shape index (κ2) is 12.4. The highest BCUT2D eigenvalue weighted by Gasteiger charge is 2.07. The minimum Gasteiger partial charge on any atom is -0.490 e. The number of ether oxygens (including phenoxy) is 2. The van der Waals surface area contributed by atoms with Crippen molar-refractivity contribution in [1.29, 1.82) is 0 Å². The fourth-order valence-corrected chi connectivity index (χ4v) is 2.06. The number of nitrogens with zero attached hydrogens (tertiary/aromatic N) is 1. The van der Waals surface area contributed by atoms with E-state index < -0.39 is 0 Å². The first-order valence-corrected chi connectivity index (χ1v) is 7.95. The molecule has 1 aromatic carbocycles. The predicted octanol–water partition coefficient (Wildman–Crippen LogP) is 3.47. The summed E-state index contributed by atoms with van der Waals surface area (Å²) >= 11 is 0. The van der Waals surface area contributed by atoms with Crippen LogP contribution in [0.5, 0.6) is 17.4 Å². The van der Waals surface area contributed by atoms with E-state index in [0.29, 0.717) is 37.0 Å². The van der Waals surface area contributed by atoms with E-state index >= 15 is 0 Å². The van der Waals surface area contributed by atoms with Gasteiger partial charge in [0.1, 0.15) is 0 Å². The highest BCUT2D eigenvalue weighted by Crippen LogP contribution is 2.30. The molecule has 2 aromatic rings. The van der Waals surface area contributed by atoms with Crippen LogP contribution >= 0.6 is 24.8 Å². The SMILES string of the molecule is CCOc1ccccc1Oc1ccc(CNC(=O)CC(C)N)cn1.Cl.Cl. The van der Waals surface area contributed by atoms with Crippen LogP contribution in [-0.2, 0) is 11.3 Å². The lowest BCUT2D eigenvalue weighted by molar-refractivity contribution is -0.121. The number of carbonyl (C=O) groups is 1. The summed E-state index contributed by atoms with van der Waals surface area (Å²) in [6, 6.07) is 10.9. The lowest BCUT2D eigenvalue weighted by Gasteiger charge is -2.11. The summed E-state index contributed by atoms with van der Waals surface area (Å²) in [6.45, 7) is 4.69. The molecule has 1 heterocycles. The lowest BCUT2D eigenvalue weighted by atomic mass is 10.2. The zero-order chi connectivity index (χ0) is 17.4. The largest absolute Gasteiger partial charge is 0.490 e. The Kier molecular flexibility index (Phi) is 11.4. The van der Waals surface area contributed by atoms with Crippen LogP contribution in [0.15, 0.2) is 42.6 Å². The van der Waals surface area contributed by atoms with Gasteiger partial charge in [0.25, 0.3) is 0 Å². The normalized spacial score (nSPS) is 10.7. The van der Waals surface area contributed by atoms with Crippen molar-refractivity contribution in [3.63, 3.8) is 0 Å². The summed E-state index contributed by atoms with van der Waals surface area (Å²) in [7, 11) is 0. The zero-order valence-corrected chi connectivity index (χ0v) is 16.4. The van der Waals surface area contributed by atoms with Crippen LogP contribution in [0.4, 0.5) is 0 Å². The molecule has 0 aliphatic rings. The molecule has 1 unspecified atom stereocenters. The molecule has 0 fully saturated rings. The van der Waals surface area contributed by atoms with E-state index in [1.807, 2.05) is 37.3 Å². The van der Waals surface area contributed by atoms with E-state index in [2.05, 4.69) is 10.3 Å². The first-order valence-electron chi connectivity index (χ1n) is 7.95. The highest BCUT2D eigenvalue weighted by molar-refractivity contribution is 5.85. The molecule has 3 N–H and O–H groups in total. The number of carbonyl (C=O) groups excluding carboxylic acids is 1. The molecular formula is C18H25Cl2N3O3. The second-order valence-corrected chi connectivity index (χ2v) is 5.44. The Morgan fingerprint density at radius 2 is 1.88 bits per heavy atom. The molecule has 0 aliphatic heterocycles. The van der Waals surface area contributed by atoms with Gasteiger partial charge in [0, 0.05) is 31.3 Å². The third-order valence-corrected chi connectivity index (χ3v) is 3.16. The van der Waals surface area contributed by atoms with Crippen molar-refractivity contribution < 1.29 is 14.3 Å². The third kappa shape index (κ3) is 7.91. The maximum atomic E-state index is 11.6. The Morgan fingerprint density at radius 1 is 1.19 bits per heavy atom. The molecular weight excluding hydrogens is 377 g/mol. The van der Waals surface area contributed by atoms with E-state index in [4.69, 9.17) is 15.2 Å². The quantitative estimate of drug-likeness (QED) is 0.706. The molecule has 6 nitrogen and oxygen atoms in total. The van der Waals surface area contributed by atoms with Crippen LogP contribution in [0.25, 0.3) is 0 Å². The van der Waals surface area contributed by atoms with E-state index in [9.17, 15) is 4.79 Å². The Labute approximate surface area is 166 Å². The number of rotatable bonds is 8. The Morgan fingerprint density at radius 3 is 2.46 bits per heavy atom. The van der Waals surface area contributed by atoms with Gasteiger partial charge >= 0.3 is 0 Å². The smallest absolute Gasteiger partial charge is 0.221 e. The first kappa shape index (κ1) is 24.0. The van der Waals surface area contributed by atoms with Gasteiger partial charge in [-0.15, -0.1) is 24.8 Å². The summed E-state index contributed by atoms with van der Waals surface area (Å²) in [5.41, 5.74) is 6.48. The first-order chi connectivity index (χ1) is 11.6. The van der Waals surface area contributed by atoms with E-state index in [1.54, 1.807) is 19.2 Å². The molecule has 2 rings (SSSR count). The molecule has 0 radical (unpaired) electrons. The van der Waals surface area contributed by atoms with Gasteiger partial charge in [-0.05, 0) is 31.5 Å². The van der Waals surface area contributed by atoms with Gasteiger partial charge in [0.15, 0.2) is 11.5 Å². The Bertz CT molecular complexity index is 667. The van der Waals surface area contributed by atoms with Crippen LogP contribution in [0, 0.1) is 0 Å². The molecule has 26 heavy (non-hydrogen) atoms. The van der Waals surface area contributed by atoms with Crippen molar-refractivity contribution in [1.82, 2.24) is 10.3 Å². The maximum Gasteiger partial charge on any atom is 0.221 e. The van der Waals surface area contributed by atoms with Crippen LogP contribution in [0.3, 0.4) is 0 Å². The molecule has 0 spiro atoms. The maximum absolute atomic E-state index is 11.6. The number of aromatic nitrogens is 1. The minimum atomic E-state index is -0.149. The van der Waals surface area contributed by atoms with Crippen LogP contribution in [0.2, 0.25) is 0 Å². The molecule has 1 atom stereocenters. The summed E-state index contributed by atoms with van der Waals surface area (Å²) in [6.07, 6.45) is 1.98. The number of nitrogens with two attached hydrogens (primary N) is 1. The van der Waals surface area contributed by atoms with Crippen LogP contribution in [-0.4, -0.2) is 23.5 Å². The third-order valence-electron chi connectivity index (χ3n) is 3.16. The zero-order valence-electron chi connectivity index (χ0n) is 14.8. The number of hydrogen-bond acceptors (Lipinski definition) is 5. The van der Waals surface area contributed by atoms with Crippen molar-refractivity contribution in [2.24, 2.45) is 5.73 Å². The Balaban J connectivity index is 0.00000312. The van der Waals surface area contributed by atoms with Crippen molar-refractivity contribution in [2.45, 2.75) is 32.9 Å². The summed E-state index contributed by atoms with van der Waals surface area (Å²) in [5.74, 6) is 1.68. The number of amides is 1. The average molecular weight is 402 g/mol. The van der Waals surface area contributed by atoms with Crippen molar-refractivity contribution >= 4 is 30.7 Å². The predicted molar refractivity (Wildman–Crippen MR) is 107 cm³/mol. The molecule has 0 saturated carbocycles. The van der Waals surface area contributed by atoms with Gasteiger partial charge < -0.3 is 20.5 Å². The number of pyridine rings is 1. The molecule has 8 heteroatoms. The lowest BCUT2D eigenvalue weighted by Crippen LogP contribution is -2.29. The number of nitrogens with one attached hydrogen (secondary N) is 1. The average Bonchev–Trinajstić information content (AvgIpc) is 2.56. The van der Waals surface area contributed by atoms with Gasteiger partial charge in [-0.3, -0.25) is 4.79 Å².